The zero-order chi connectivity index (χ0) is 28.6. The molecule has 1 saturated heterocycles. The normalized spacial score (nSPS) is 14.0. The van der Waals surface area contributed by atoms with Crippen molar-refractivity contribution in [2.45, 2.75) is 59.2 Å². The number of piperidine rings is 1. The molecule has 1 aliphatic rings. The molecular weight excluding hydrogens is 529 g/mol. The van der Waals surface area contributed by atoms with Crippen molar-refractivity contribution >= 4 is 23.4 Å². The first kappa shape index (κ1) is 30.2. The summed E-state index contributed by atoms with van der Waals surface area (Å²) in [6.45, 7) is 8.02. The van der Waals surface area contributed by atoms with Crippen LogP contribution in [0, 0.1) is 12.8 Å². The van der Waals surface area contributed by atoms with E-state index in [0.717, 1.165) is 49.7 Å². The van der Waals surface area contributed by atoms with E-state index in [-0.39, 0.29) is 6.54 Å². The van der Waals surface area contributed by atoms with E-state index in [1.165, 1.54) is 31.2 Å². The van der Waals surface area contributed by atoms with Crippen molar-refractivity contribution in [3.8, 4) is 5.69 Å². The molecule has 0 saturated carbocycles. The fraction of sp³-hybridized carbons (Fsp3) is 0.414. The molecule has 1 aromatic heterocycles. The van der Waals surface area contributed by atoms with Crippen LogP contribution in [0.4, 0.5) is 13.2 Å². The average Bonchev–Trinajstić information content (AvgIpc) is 3.29. The van der Waals surface area contributed by atoms with Gasteiger partial charge < -0.3 is 10.2 Å². The lowest BCUT2D eigenvalue weighted by Gasteiger charge is -2.30. The number of carbonyl (C=O) groups is 2. The lowest BCUT2D eigenvalue weighted by atomic mass is 9.99. The number of hydrogen-bond acceptors (Lipinski definition) is 3. The van der Waals surface area contributed by atoms with Gasteiger partial charge in [0.1, 0.15) is 0 Å². The van der Waals surface area contributed by atoms with Crippen LogP contribution < -0.4 is 5.32 Å². The standard InChI is InChI=1S/C19H15ClF3N3O.C10H19NO/c1-12-17(11-25-26(12)16-7-5-15(20)6-8-16)18(27)24-10-13-3-2-4-14(9-13)19(21,22)23;1-3-4-10(12)11-7-5-9(2)6-8-11/h2-9,11H,10H2,1H3,(H,24,27);9H,3-8H2,1-2H3. The zero-order valence-corrected chi connectivity index (χ0v) is 23.1. The van der Waals surface area contributed by atoms with Gasteiger partial charge in [0.05, 0.1) is 28.7 Å². The third-order valence-electron chi connectivity index (χ3n) is 6.63. The minimum absolute atomic E-state index is 0.0195. The van der Waals surface area contributed by atoms with E-state index in [1.54, 1.807) is 35.9 Å². The van der Waals surface area contributed by atoms with Crippen molar-refractivity contribution in [3.63, 3.8) is 0 Å². The van der Waals surface area contributed by atoms with Gasteiger partial charge in [-0.25, -0.2) is 4.68 Å². The van der Waals surface area contributed by atoms with Crippen molar-refractivity contribution in [2.75, 3.05) is 13.1 Å². The Morgan fingerprint density at radius 1 is 1.10 bits per heavy atom. The lowest BCUT2D eigenvalue weighted by molar-refractivity contribution is -0.137. The number of alkyl halides is 3. The van der Waals surface area contributed by atoms with Crippen LogP contribution in [0.3, 0.4) is 0 Å². The molecule has 6 nitrogen and oxygen atoms in total. The van der Waals surface area contributed by atoms with E-state index in [9.17, 15) is 22.8 Å². The average molecular weight is 563 g/mol. The maximum Gasteiger partial charge on any atom is 0.416 e. The van der Waals surface area contributed by atoms with Crippen molar-refractivity contribution in [1.29, 1.82) is 0 Å². The fourth-order valence-electron chi connectivity index (χ4n) is 4.24. The molecule has 4 rings (SSSR count). The number of carbonyl (C=O) groups excluding carboxylic acids is 2. The second kappa shape index (κ2) is 13.6. The number of aromatic nitrogens is 2. The van der Waals surface area contributed by atoms with Gasteiger partial charge >= 0.3 is 6.18 Å². The van der Waals surface area contributed by atoms with Crippen LogP contribution in [0.5, 0.6) is 0 Å². The van der Waals surface area contributed by atoms with Crippen LogP contribution in [-0.2, 0) is 17.5 Å². The number of nitrogens with one attached hydrogen (secondary N) is 1. The molecule has 0 spiro atoms. The van der Waals surface area contributed by atoms with Gasteiger partial charge in [-0.2, -0.15) is 18.3 Å². The molecule has 0 radical (unpaired) electrons. The second-order valence-corrected chi connectivity index (χ2v) is 10.2. The number of nitrogens with zero attached hydrogens (tertiary/aromatic N) is 3. The number of amides is 2. The van der Waals surface area contributed by atoms with Gasteiger partial charge in [0, 0.05) is 31.1 Å². The molecule has 3 aromatic rings. The summed E-state index contributed by atoms with van der Waals surface area (Å²) in [4.78, 5) is 25.9. The largest absolute Gasteiger partial charge is 0.416 e. The van der Waals surface area contributed by atoms with Gasteiger partial charge in [0.2, 0.25) is 5.91 Å². The zero-order valence-electron chi connectivity index (χ0n) is 22.4. The first-order chi connectivity index (χ1) is 18.5. The van der Waals surface area contributed by atoms with Crippen molar-refractivity contribution in [3.05, 3.63) is 82.1 Å². The van der Waals surface area contributed by atoms with Crippen molar-refractivity contribution in [1.82, 2.24) is 20.0 Å². The van der Waals surface area contributed by atoms with Crippen molar-refractivity contribution < 1.29 is 22.8 Å². The highest BCUT2D eigenvalue weighted by Gasteiger charge is 2.30. The molecule has 10 heteroatoms. The maximum atomic E-state index is 12.8. The molecule has 0 aliphatic carbocycles. The summed E-state index contributed by atoms with van der Waals surface area (Å²) >= 11 is 5.87. The first-order valence-corrected chi connectivity index (χ1v) is 13.4. The van der Waals surface area contributed by atoms with Crippen LogP contribution in [0.25, 0.3) is 5.69 Å². The lowest BCUT2D eigenvalue weighted by Crippen LogP contribution is -2.37. The minimum atomic E-state index is -4.42. The van der Waals surface area contributed by atoms with E-state index < -0.39 is 17.6 Å². The number of likely N-dealkylation sites (tertiary alicyclic amines) is 1. The third-order valence-corrected chi connectivity index (χ3v) is 6.89. The predicted molar refractivity (Wildman–Crippen MR) is 146 cm³/mol. The van der Waals surface area contributed by atoms with Crippen molar-refractivity contribution in [2.24, 2.45) is 5.92 Å². The highest BCUT2D eigenvalue weighted by molar-refractivity contribution is 6.30. The van der Waals surface area contributed by atoms with Gasteiger partial charge in [0.15, 0.2) is 0 Å². The Kier molecular flexibility index (Phi) is 10.6. The van der Waals surface area contributed by atoms with Gasteiger partial charge in [-0.05, 0) is 74.1 Å². The molecule has 2 heterocycles. The topological polar surface area (TPSA) is 67.2 Å². The Bertz CT molecular complexity index is 1250. The van der Waals surface area contributed by atoms with Gasteiger partial charge in [0.25, 0.3) is 5.91 Å². The number of hydrogen-bond donors (Lipinski definition) is 1. The second-order valence-electron chi connectivity index (χ2n) is 9.73. The summed E-state index contributed by atoms with van der Waals surface area (Å²) in [6, 6.07) is 11.8. The molecule has 2 amide bonds. The Morgan fingerprint density at radius 3 is 2.38 bits per heavy atom. The quantitative estimate of drug-likeness (QED) is 0.358. The molecule has 1 aliphatic heterocycles. The molecule has 1 N–H and O–H groups in total. The molecule has 0 unspecified atom stereocenters. The predicted octanol–water partition coefficient (Wildman–Crippen LogP) is 6.83. The molecule has 0 bridgehead atoms. The van der Waals surface area contributed by atoms with Crippen LogP contribution in [0.1, 0.15) is 66.7 Å². The Balaban J connectivity index is 0.000000293. The third kappa shape index (κ3) is 8.58. The summed E-state index contributed by atoms with van der Waals surface area (Å²) in [6.07, 6.45) is 1.09. The fourth-order valence-corrected chi connectivity index (χ4v) is 4.37. The number of halogens is 4. The van der Waals surface area contributed by atoms with Gasteiger partial charge in [-0.15, -0.1) is 0 Å². The monoisotopic (exact) mass is 562 g/mol. The summed E-state index contributed by atoms with van der Waals surface area (Å²) in [5.74, 6) is 0.755. The highest BCUT2D eigenvalue weighted by atomic mass is 35.5. The van der Waals surface area contributed by atoms with Crippen LogP contribution in [-0.4, -0.2) is 39.6 Å². The highest BCUT2D eigenvalue weighted by Crippen LogP contribution is 2.29. The summed E-state index contributed by atoms with van der Waals surface area (Å²) in [7, 11) is 0. The molecule has 2 aromatic carbocycles. The molecule has 210 valence electrons. The molecule has 1 fully saturated rings. The van der Waals surface area contributed by atoms with E-state index in [2.05, 4.69) is 24.3 Å². The van der Waals surface area contributed by atoms with E-state index >= 15 is 0 Å². The van der Waals surface area contributed by atoms with E-state index in [1.807, 2.05) is 4.90 Å². The van der Waals surface area contributed by atoms with E-state index in [4.69, 9.17) is 11.6 Å². The molecular formula is C29H34ClF3N4O2. The molecule has 0 atom stereocenters. The van der Waals surface area contributed by atoms with Gasteiger partial charge in [-0.1, -0.05) is 37.6 Å². The minimum Gasteiger partial charge on any atom is -0.348 e. The smallest absolute Gasteiger partial charge is 0.348 e. The molecule has 39 heavy (non-hydrogen) atoms. The summed E-state index contributed by atoms with van der Waals surface area (Å²) in [5, 5.41) is 7.42. The first-order valence-electron chi connectivity index (χ1n) is 13.0. The van der Waals surface area contributed by atoms with Gasteiger partial charge in [-0.3, -0.25) is 9.59 Å². The maximum absolute atomic E-state index is 12.8. The Morgan fingerprint density at radius 2 is 1.77 bits per heavy atom. The van der Waals surface area contributed by atoms with Crippen LogP contribution in [0.15, 0.2) is 54.7 Å². The van der Waals surface area contributed by atoms with Crippen LogP contribution in [0.2, 0.25) is 5.02 Å². The van der Waals surface area contributed by atoms with Crippen LogP contribution >= 0.6 is 11.6 Å². The number of benzene rings is 2. The Hall–Kier alpha value is -3.33. The Labute approximate surface area is 232 Å². The number of rotatable bonds is 6. The SMILES string of the molecule is CCCC(=O)N1CCC(C)CC1.Cc1c(C(=O)NCc2cccc(C(F)(F)F)c2)cnn1-c1ccc(Cl)cc1. The summed E-state index contributed by atoms with van der Waals surface area (Å²) in [5.41, 5.74) is 1.31. The van der Waals surface area contributed by atoms with E-state index in [0.29, 0.717) is 27.8 Å². The summed E-state index contributed by atoms with van der Waals surface area (Å²) < 4.78 is 39.9.